The van der Waals surface area contributed by atoms with E-state index in [0.29, 0.717) is 5.92 Å². The van der Waals surface area contributed by atoms with E-state index in [2.05, 4.69) is 50.5 Å². The number of hydrogen-bond acceptors (Lipinski definition) is 3. The molecule has 1 atom stereocenters. The number of amides is 1. The van der Waals surface area contributed by atoms with Crippen LogP contribution in [0.4, 0.5) is 5.82 Å². The Hall–Kier alpha value is -2.14. The molecule has 1 unspecified atom stereocenters. The van der Waals surface area contributed by atoms with Gasteiger partial charge in [-0.05, 0) is 43.6 Å². The Morgan fingerprint density at radius 3 is 2.60 bits per heavy atom. The van der Waals surface area contributed by atoms with Crippen LogP contribution in [-0.4, -0.2) is 28.8 Å². The molecular formula is C20H28N4O. The van der Waals surface area contributed by atoms with Crippen molar-refractivity contribution >= 4 is 11.7 Å². The van der Waals surface area contributed by atoms with Crippen LogP contribution in [-0.2, 0) is 10.2 Å². The molecule has 1 saturated heterocycles. The molecule has 1 amide bonds. The van der Waals surface area contributed by atoms with E-state index in [-0.39, 0.29) is 17.2 Å². The van der Waals surface area contributed by atoms with E-state index in [9.17, 15) is 4.79 Å². The van der Waals surface area contributed by atoms with Crippen LogP contribution < -0.4 is 10.6 Å². The molecule has 5 heteroatoms. The van der Waals surface area contributed by atoms with E-state index in [1.807, 2.05) is 29.8 Å². The van der Waals surface area contributed by atoms with Crippen molar-refractivity contribution in [2.75, 3.05) is 18.4 Å². The zero-order valence-electron chi connectivity index (χ0n) is 15.8. The number of nitrogens with zero attached hydrogens (tertiary/aromatic N) is 2. The van der Waals surface area contributed by atoms with E-state index in [4.69, 9.17) is 5.10 Å². The maximum atomic E-state index is 12.7. The SMILES string of the molecule is Cc1cccc(-n2nc(C(C)(C)C)cc2NC(=O)C(C)C2CNC2)c1. The Balaban J connectivity index is 1.93. The van der Waals surface area contributed by atoms with Gasteiger partial charge in [-0.2, -0.15) is 5.10 Å². The van der Waals surface area contributed by atoms with Gasteiger partial charge < -0.3 is 10.6 Å². The summed E-state index contributed by atoms with van der Waals surface area (Å²) in [7, 11) is 0. The van der Waals surface area contributed by atoms with Gasteiger partial charge in [0.1, 0.15) is 5.82 Å². The quantitative estimate of drug-likeness (QED) is 0.898. The second-order valence-corrected chi connectivity index (χ2v) is 8.11. The van der Waals surface area contributed by atoms with Crippen LogP contribution in [0.3, 0.4) is 0 Å². The molecule has 1 aliphatic rings. The Morgan fingerprint density at radius 2 is 2.04 bits per heavy atom. The van der Waals surface area contributed by atoms with E-state index in [1.165, 1.54) is 0 Å². The minimum Gasteiger partial charge on any atom is -0.316 e. The summed E-state index contributed by atoms with van der Waals surface area (Å²) in [6.45, 7) is 12.3. The molecule has 2 N–H and O–H groups in total. The second-order valence-electron chi connectivity index (χ2n) is 8.11. The summed E-state index contributed by atoms with van der Waals surface area (Å²) in [5.74, 6) is 1.19. The van der Waals surface area contributed by atoms with Crippen LogP contribution in [0.2, 0.25) is 0 Å². The standard InChI is InChI=1S/C20H28N4O/c1-13-7-6-8-16(9-13)24-18(10-17(23-24)20(3,4)5)22-19(25)14(2)15-11-21-12-15/h6-10,14-15,21H,11-12H2,1-5H3,(H,22,25). The van der Waals surface area contributed by atoms with Crippen LogP contribution >= 0.6 is 0 Å². The zero-order valence-corrected chi connectivity index (χ0v) is 15.8. The number of nitrogens with one attached hydrogen (secondary N) is 2. The summed E-state index contributed by atoms with van der Waals surface area (Å²) in [6, 6.07) is 10.2. The summed E-state index contributed by atoms with van der Waals surface area (Å²) in [4.78, 5) is 12.7. The summed E-state index contributed by atoms with van der Waals surface area (Å²) in [6.07, 6.45) is 0. The van der Waals surface area contributed by atoms with Crippen molar-refractivity contribution in [1.29, 1.82) is 0 Å². The molecule has 0 saturated carbocycles. The highest BCUT2D eigenvalue weighted by Gasteiger charge is 2.30. The van der Waals surface area contributed by atoms with Crippen molar-refractivity contribution in [3.05, 3.63) is 41.6 Å². The lowest BCUT2D eigenvalue weighted by Crippen LogP contribution is -2.48. The first-order valence-corrected chi connectivity index (χ1v) is 8.95. The molecule has 25 heavy (non-hydrogen) atoms. The summed E-state index contributed by atoms with van der Waals surface area (Å²) in [5, 5.41) is 11.1. The molecule has 1 fully saturated rings. The van der Waals surface area contributed by atoms with E-state index in [1.54, 1.807) is 0 Å². The fourth-order valence-corrected chi connectivity index (χ4v) is 2.91. The topological polar surface area (TPSA) is 59.0 Å². The van der Waals surface area contributed by atoms with Gasteiger partial charge in [-0.25, -0.2) is 4.68 Å². The molecular weight excluding hydrogens is 312 g/mol. The number of carbonyl (C=O) groups excluding carboxylic acids is 1. The predicted octanol–water partition coefficient (Wildman–Crippen LogP) is 3.27. The maximum absolute atomic E-state index is 12.7. The second kappa shape index (κ2) is 6.64. The molecule has 3 rings (SSSR count). The summed E-state index contributed by atoms with van der Waals surface area (Å²) in [5.41, 5.74) is 3.00. The van der Waals surface area contributed by atoms with Crippen LogP contribution in [0.5, 0.6) is 0 Å². The van der Waals surface area contributed by atoms with Crippen molar-refractivity contribution in [2.45, 2.75) is 40.0 Å². The molecule has 1 aliphatic heterocycles. The Morgan fingerprint density at radius 1 is 1.32 bits per heavy atom. The number of benzene rings is 1. The molecule has 0 bridgehead atoms. The first-order valence-electron chi connectivity index (χ1n) is 8.95. The number of aryl methyl sites for hydroxylation is 1. The van der Waals surface area contributed by atoms with Gasteiger partial charge in [0.25, 0.3) is 0 Å². The van der Waals surface area contributed by atoms with E-state index < -0.39 is 0 Å². The molecule has 5 nitrogen and oxygen atoms in total. The van der Waals surface area contributed by atoms with E-state index >= 15 is 0 Å². The fraction of sp³-hybridized carbons (Fsp3) is 0.500. The molecule has 0 spiro atoms. The largest absolute Gasteiger partial charge is 0.316 e. The van der Waals surface area contributed by atoms with Crippen molar-refractivity contribution in [2.24, 2.45) is 11.8 Å². The number of anilines is 1. The van der Waals surface area contributed by atoms with E-state index in [0.717, 1.165) is 35.9 Å². The highest BCUT2D eigenvalue weighted by Crippen LogP contribution is 2.27. The van der Waals surface area contributed by atoms with Crippen molar-refractivity contribution in [1.82, 2.24) is 15.1 Å². The number of hydrogen-bond donors (Lipinski definition) is 2. The minimum atomic E-state index is -0.0853. The maximum Gasteiger partial charge on any atom is 0.228 e. The lowest BCUT2D eigenvalue weighted by Gasteiger charge is -2.31. The normalized spacial score (nSPS) is 16.4. The molecule has 2 heterocycles. The van der Waals surface area contributed by atoms with Crippen molar-refractivity contribution in [3.8, 4) is 5.69 Å². The van der Waals surface area contributed by atoms with Crippen molar-refractivity contribution < 1.29 is 4.79 Å². The average Bonchev–Trinajstić information content (AvgIpc) is 2.89. The molecule has 2 aromatic rings. The zero-order chi connectivity index (χ0) is 18.2. The van der Waals surface area contributed by atoms with Gasteiger partial charge in [-0.3, -0.25) is 4.79 Å². The number of aromatic nitrogens is 2. The predicted molar refractivity (Wildman–Crippen MR) is 101 cm³/mol. The highest BCUT2D eigenvalue weighted by molar-refractivity contribution is 5.92. The molecule has 1 aromatic carbocycles. The van der Waals surface area contributed by atoms with Crippen LogP contribution in [0.25, 0.3) is 5.69 Å². The first-order chi connectivity index (χ1) is 11.8. The lowest BCUT2D eigenvalue weighted by molar-refractivity contribution is -0.121. The highest BCUT2D eigenvalue weighted by atomic mass is 16.2. The molecule has 134 valence electrons. The number of rotatable bonds is 4. The molecule has 1 aromatic heterocycles. The molecule has 0 aliphatic carbocycles. The van der Waals surface area contributed by atoms with Crippen LogP contribution in [0.1, 0.15) is 39.0 Å². The first kappa shape index (κ1) is 17.7. The van der Waals surface area contributed by atoms with Gasteiger partial charge in [0, 0.05) is 17.4 Å². The Bertz CT molecular complexity index is 768. The van der Waals surface area contributed by atoms with Gasteiger partial charge in [0.2, 0.25) is 5.91 Å². The van der Waals surface area contributed by atoms with Crippen LogP contribution in [0, 0.1) is 18.8 Å². The van der Waals surface area contributed by atoms with Gasteiger partial charge in [-0.1, -0.05) is 39.8 Å². The van der Waals surface area contributed by atoms with Gasteiger partial charge >= 0.3 is 0 Å². The summed E-state index contributed by atoms with van der Waals surface area (Å²) < 4.78 is 1.84. The number of carbonyl (C=O) groups is 1. The summed E-state index contributed by atoms with van der Waals surface area (Å²) >= 11 is 0. The van der Waals surface area contributed by atoms with Gasteiger partial charge in [0.15, 0.2) is 0 Å². The molecule has 0 radical (unpaired) electrons. The average molecular weight is 340 g/mol. The minimum absolute atomic E-state index is 0.0137. The van der Waals surface area contributed by atoms with Gasteiger partial charge in [-0.15, -0.1) is 0 Å². The van der Waals surface area contributed by atoms with Crippen molar-refractivity contribution in [3.63, 3.8) is 0 Å². The Labute approximate surface area is 149 Å². The Kier molecular flexibility index (Phi) is 4.69. The fourth-order valence-electron chi connectivity index (χ4n) is 2.91. The monoisotopic (exact) mass is 340 g/mol. The third-order valence-corrected chi connectivity index (χ3v) is 4.91. The van der Waals surface area contributed by atoms with Gasteiger partial charge in [0.05, 0.1) is 11.4 Å². The third-order valence-electron chi connectivity index (χ3n) is 4.91. The van der Waals surface area contributed by atoms with Crippen LogP contribution in [0.15, 0.2) is 30.3 Å². The third kappa shape index (κ3) is 3.76. The smallest absolute Gasteiger partial charge is 0.228 e. The lowest BCUT2D eigenvalue weighted by atomic mass is 9.88.